The molecule has 2 aromatic carbocycles. The molecule has 0 spiro atoms. The van der Waals surface area contributed by atoms with Crippen LogP contribution in [-0.4, -0.2) is 19.9 Å². The van der Waals surface area contributed by atoms with Gasteiger partial charge in [0.1, 0.15) is 5.82 Å². The molecule has 2 aromatic heterocycles. The number of aryl methyl sites for hydroxylation is 1. The molecule has 0 aliphatic carbocycles. The van der Waals surface area contributed by atoms with Crippen molar-refractivity contribution >= 4 is 23.3 Å². The highest BCUT2D eigenvalue weighted by Gasteiger charge is 1.98. The highest BCUT2D eigenvalue weighted by atomic mass is 32.1. The van der Waals surface area contributed by atoms with Crippen molar-refractivity contribution in [2.24, 2.45) is 0 Å². The quantitative estimate of drug-likeness (QED) is 0.450. The smallest absolute Gasteiger partial charge is 0.175 e. The first kappa shape index (κ1) is 14.3. The van der Waals surface area contributed by atoms with E-state index in [-0.39, 0.29) is 0 Å². The molecule has 0 atom stereocenters. The second-order valence-electron chi connectivity index (χ2n) is 4.91. The van der Waals surface area contributed by atoms with Crippen LogP contribution in [0.4, 0.5) is 0 Å². The molecule has 0 aliphatic heterocycles. The van der Waals surface area contributed by atoms with Crippen molar-refractivity contribution < 1.29 is 0 Å². The zero-order valence-electron chi connectivity index (χ0n) is 12.1. The molecule has 0 unspecified atom stereocenters. The minimum atomic E-state index is 0.682. The molecular weight excluding hydrogens is 292 g/mol. The van der Waals surface area contributed by atoms with Gasteiger partial charge in [-0.3, -0.25) is 0 Å². The zero-order valence-corrected chi connectivity index (χ0v) is 12.9. The third kappa shape index (κ3) is 3.32. The second kappa shape index (κ2) is 6.41. The number of H-pyrrole nitrogens is 3. The van der Waals surface area contributed by atoms with Crippen LogP contribution in [0.3, 0.4) is 0 Å². The van der Waals surface area contributed by atoms with E-state index in [1.54, 1.807) is 0 Å². The van der Waals surface area contributed by atoms with Crippen LogP contribution in [0.15, 0.2) is 60.8 Å². The number of para-hydroxylation sites is 2. The fourth-order valence-electron chi connectivity index (χ4n) is 2.13. The van der Waals surface area contributed by atoms with E-state index in [4.69, 9.17) is 12.2 Å². The maximum Gasteiger partial charge on any atom is 0.175 e. The van der Waals surface area contributed by atoms with Crippen LogP contribution in [0.1, 0.15) is 5.69 Å². The summed E-state index contributed by atoms with van der Waals surface area (Å²) in [4.78, 5) is 13.4. The molecule has 3 N–H and O–H groups in total. The third-order valence-electron chi connectivity index (χ3n) is 3.17. The number of aromatic amines is 3. The molecule has 0 radical (unpaired) electrons. The molecule has 0 bridgehead atoms. The Balaban J connectivity index is 0.000000133. The number of nitrogens with one attached hydrogen (secondary N) is 3. The van der Waals surface area contributed by atoms with E-state index in [0.717, 1.165) is 28.1 Å². The molecule has 2 heterocycles. The SMILES string of the molecule is Cc1cnc(-c2ccccc2)[nH]1.S=c1[nH]c2ccccc2[nH]1. The van der Waals surface area contributed by atoms with E-state index >= 15 is 0 Å². The molecule has 0 aliphatic rings. The highest BCUT2D eigenvalue weighted by Crippen LogP contribution is 2.13. The number of aromatic nitrogens is 4. The molecule has 0 amide bonds. The van der Waals surface area contributed by atoms with Crippen LogP contribution in [0.5, 0.6) is 0 Å². The van der Waals surface area contributed by atoms with Gasteiger partial charge in [-0.15, -0.1) is 0 Å². The summed E-state index contributed by atoms with van der Waals surface area (Å²) in [7, 11) is 0. The fourth-order valence-corrected chi connectivity index (χ4v) is 2.35. The van der Waals surface area contributed by atoms with E-state index in [9.17, 15) is 0 Å². The van der Waals surface area contributed by atoms with Crippen LogP contribution < -0.4 is 0 Å². The lowest BCUT2D eigenvalue weighted by atomic mass is 10.2. The van der Waals surface area contributed by atoms with Crippen LogP contribution in [0.2, 0.25) is 0 Å². The van der Waals surface area contributed by atoms with Crippen molar-refractivity contribution in [3.8, 4) is 11.4 Å². The number of rotatable bonds is 1. The Morgan fingerprint density at radius 1 is 0.818 bits per heavy atom. The average molecular weight is 308 g/mol. The van der Waals surface area contributed by atoms with Crippen LogP contribution in [0, 0.1) is 11.7 Å². The molecule has 5 heteroatoms. The average Bonchev–Trinajstić information content (AvgIpc) is 3.13. The molecule has 0 fully saturated rings. The minimum absolute atomic E-state index is 0.682. The summed E-state index contributed by atoms with van der Waals surface area (Å²) in [5.41, 5.74) is 4.35. The molecule has 0 saturated heterocycles. The highest BCUT2D eigenvalue weighted by molar-refractivity contribution is 7.71. The summed E-state index contributed by atoms with van der Waals surface area (Å²) in [6, 6.07) is 18.0. The lowest BCUT2D eigenvalue weighted by Crippen LogP contribution is -1.78. The largest absolute Gasteiger partial charge is 0.342 e. The molecule has 22 heavy (non-hydrogen) atoms. The van der Waals surface area contributed by atoms with E-state index in [0.29, 0.717) is 4.77 Å². The predicted octanol–water partition coefficient (Wildman–Crippen LogP) is 4.61. The van der Waals surface area contributed by atoms with E-state index in [2.05, 4.69) is 19.9 Å². The first-order valence-electron chi connectivity index (χ1n) is 6.96. The van der Waals surface area contributed by atoms with Crippen LogP contribution in [0.25, 0.3) is 22.4 Å². The molecule has 4 nitrogen and oxygen atoms in total. The summed E-state index contributed by atoms with van der Waals surface area (Å²) in [6.07, 6.45) is 1.84. The maximum atomic E-state index is 4.90. The Hall–Kier alpha value is -2.66. The minimum Gasteiger partial charge on any atom is -0.342 e. The van der Waals surface area contributed by atoms with E-state index < -0.39 is 0 Å². The topological polar surface area (TPSA) is 60.3 Å². The molecule has 4 aromatic rings. The number of nitrogens with zero attached hydrogens (tertiary/aromatic N) is 1. The molecule has 0 saturated carbocycles. The van der Waals surface area contributed by atoms with E-state index in [1.807, 2.05) is 67.7 Å². The number of fused-ring (bicyclic) bond motifs is 1. The second-order valence-corrected chi connectivity index (χ2v) is 5.31. The van der Waals surface area contributed by atoms with Crippen molar-refractivity contribution in [3.05, 3.63) is 71.3 Å². The summed E-state index contributed by atoms with van der Waals surface area (Å²) >= 11 is 4.90. The van der Waals surface area contributed by atoms with Gasteiger partial charge < -0.3 is 15.0 Å². The Morgan fingerprint density at radius 3 is 1.95 bits per heavy atom. The Kier molecular flexibility index (Phi) is 4.16. The van der Waals surface area contributed by atoms with Crippen molar-refractivity contribution in [1.82, 2.24) is 19.9 Å². The Labute approximate surface area is 133 Å². The monoisotopic (exact) mass is 308 g/mol. The van der Waals surface area contributed by atoms with Crippen molar-refractivity contribution in [2.45, 2.75) is 6.92 Å². The van der Waals surface area contributed by atoms with Gasteiger partial charge in [0.2, 0.25) is 0 Å². The van der Waals surface area contributed by atoms with E-state index in [1.165, 1.54) is 0 Å². The summed E-state index contributed by atoms with van der Waals surface area (Å²) in [5, 5.41) is 0. The van der Waals surface area contributed by atoms with Crippen molar-refractivity contribution in [3.63, 3.8) is 0 Å². The first-order chi connectivity index (χ1) is 10.7. The lowest BCUT2D eigenvalue weighted by Gasteiger charge is -1.93. The standard InChI is InChI=1S/C10H10N2.C7H6N2S/c1-8-7-11-10(12-8)9-5-3-2-4-6-9;10-7-8-5-3-1-2-4-6(5)9-7/h2-7H,1H3,(H,11,12);1-4H,(H2,8,9,10). The van der Waals surface area contributed by atoms with Gasteiger partial charge in [-0.25, -0.2) is 4.98 Å². The van der Waals surface area contributed by atoms with Gasteiger partial charge in [0.15, 0.2) is 4.77 Å². The molecular formula is C17H16N4S. The fraction of sp³-hybridized carbons (Fsp3) is 0.0588. The third-order valence-corrected chi connectivity index (χ3v) is 3.38. The van der Waals surface area contributed by atoms with Crippen LogP contribution >= 0.6 is 12.2 Å². The molecule has 4 rings (SSSR count). The number of hydrogen-bond donors (Lipinski definition) is 3. The van der Waals surface area contributed by atoms with Gasteiger partial charge in [-0.2, -0.15) is 0 Å². The van der Waals surface area contributed by atoms with Crippen molar-refractivity contribution in [1.29, 1.82) is 0 Å². The first-order valence-corrected chi connectivity index (χ1v) is 7.37. The summed E-state index contributed by atoms with van der Waals surface area (Å²) < 4.78 is 0.682. The van der Waals surface area contributed by atoms with Gasteiger partial charge >= 0.3 is 0 Å². The van der Waals surface area contributed by atoms with Gasteiger partial charge in [-0.05, 0) is 31.3 Å². The van der Waals surface area contributed by atoms with Crippen LogP contribution in [-0.2, 0) is 0 Å². The van der Waals surface area contributed by atoms with Gasteiger partial charge in [-0.1, -0.05) is 42.5 Å². The summed E-state index contributed by atoms with van der Waals surface area (Å²) in [5.74, 6) is 0.938. The normalized spacial score (nSPS) is 10.2. The van der Waals surface area contributed by atoms with Crippen molar-refractivity contribution in [2.75, 3.05) is 0 Å². The number of hydrogen-bond acceptors (Lipinski definition) is 2. The lowest BCUT2D eigenvalue weighted by molar-refractivity contribution is 1.26. The predicted molar refractivity (Wildman–Crippen MR) is 92.2 cm³/mol. The van der Waals surface area contributed by atoms with Gasteiger partial charge in [0.25, 0.3) is 0 Å². The van der Waals surface area contributed by atoms with Gasteiger partial charge in [0, 0.05) is 17.5 Å². The summed E-state index contributed by atoms with van der Waals surface area (Å²) in [6.45, 7) is 2.00. The maximum absolute atomic E-state index is 4.90. The zero-order chi connectivity index (χ0) is 15.4. The molecule has 110 valence electrons. The number of benzene rings is 2. The van der Waals surface area contributed by atoms with Gasteiger partial charge in [0.05, 0.1) is 11.0 Å². The Morgan fingerprint density at radius 2 is 1.41 bits per heavy atom. The Bertz CT molecular complexity index is 882. The number of imidazole rings is 2.